The van der Waals surface area contributed by atoms with Crippen LogP contribution in [0.15, 0.2) is 29.1 Å². The Hall–Kier alpha value is -2.08. The fourth-order valence-corrected chi connectivity index (χ4v) is 4.33. The molecule has 1 aromatic carbocycles. The minimum absolute atomic E-state index is 0.102. The van der Waals surface area contributed by atoms with E-state index in [2.05, 4.69) is 11.9 Å². The Morgan fingerprint density at radius 1 is 1.08 bits per heavy atom. The third-order valence-electron chi connectivity index (χ3n) is 5.71. The molecule has 1 aromatic heterocycles. The first-order chi connectivity index (χ1) is 11.6. The Balaban J connectivity index is 1.60. The first kappa shape index (κ1) is 15.4. The molecule has 2 unspecified atom stereocenters. The highest BCUT2D eigenvalue weighted by Gasteiger charge is 2.38. The third kappa shape index (κ3) is 2.36. The molecule has 128 valence electrons. The number of imidazole rings is 1. The van der Waals surface area contributed by atoms with Crippen molar-refractivity contribution in [2.24, 2.45) is 7.05 Å². The molecule has 6 heteroatoms. The second kappa shape index (κ2) is 5.77. The van der Waals surface area contributed by atoms with E-state index >= 15 is 0 Å². The number of aromatic nitrogens is 2. The summed E-state index contributed by atoms with van der Waals surface area (Å²) < 4.78 is 8.39. The van der Waals surface area contributed by atoms with Gasteiger partial charge in [-0.2, -0.15) is 4.57 Å². The van der Waals surface area contributed by atoms with E-state index in [4.69, 9.17) is 4.74 Å². The van der Waals surface area contributed by atoms with E-state index in [0.29, 0.717) is 17.6 Å². The summed E-state index contributed by atoms with van der Waals surface area (Å²) in [6.45, 7) is 0. The molecule has 0 saturated carbocycles. The Bertz CT molecular complexity index is 824. The van der Waals surface area contributed by atoms with Gasteiger partial charge >= 0.3 is 11.8 Å². The lowest BCUT2D eigenvalue weighted by Crippen LogP contribution is -2.52. The topological polar surface area (TPSA) is 56.5 Å². The molecule has 2 atom stereocenters. The van der Waals surface area contributed by atoms with Crippen LogP contribution in [0.5, 0.6) is 0 Å². The molecule has 0 amide bonds. The number of hydrogen-bond acceptors (Lipinski definition) is 4. The van der Waals surface area contributed by atoms with Gasteiger partial charge in [-0.25, -0.2) is 9.59 Å². The van der Waals surface area contributed by atoms with Crippen molar-refractivity contribution in [2.75, 3.05) is 7.05 Å². The lowest BCUT2D eigenvalue weighted by Gasteiger charge is -2.46. The smallest absolute Gasteiger partial charge is 0.423 e. The van der Waals surface area contributed by atoms with E-state index in [1.807, 2.05) is 18.2 Å². The molecule has 4 rings (SSSR count). The Kier molecular flexibility index (Phi) is 3.72. The van der Waals surface area contributed by atoms with E-state index < -0.39 is 6.09 Å². The zero-order valence-electron chi connectivity index (χ0n) is 14.1. The highest BCUT2D eigenvalue weighted by Crippen LogP contribution is 2.34. The van der Waals surface area contributed by atoms with E-state index in [0.717, 1.165) is 35.8 Å². The van der Waals surface area contributed by atoms with Crippen LogP contribution in [0.1, 0.15) is 32.1 Å². The third-order valence-corrected chi connectivity index (χ3v) is 5.71. The minimum Gasteiger partial charge on any atom is -0.445 e. The maximum absolute atomic E-state index is 12.7. The van der Waals surface area contributed by atoms with E-state index in [9.17, 15) is 9.59 Å². The molecule has 2 saturated heterocycles. The van der Waals surface area contributed by atoms with Gasteiger partial charge in [0.2, 0.25) is 0 Å². The number of benzene rings is 1. The molecule has 0 aliphatic carbocycles. The first-order valence-corrected chi connectivity index (χ1v) is 8.65. The molecule has 6 nitrogen and oxygen atoms in total. The Morgan fingerprint density at radius 3 is 2.38 bits per heavy atom. The molecule has 0 spiro atoms. The van der Waals surface area contributed by atoms with Crippen LogP contribution in [-0.4, -0.2) is 45.4 Å². The normalized spacial score (nSPS) is 27.3. The van der Waals surface area contributed by atoms with Crippen LogP contribution < -0.4 is 5.69 Å². The quantitative estimate of drug-likeness (QED) is 0.806. The fraction of sp³-hybridized carbons (Fsp3) is 0.556. The van der Waals surface area contributed by atoms with Crippen LogP contribution in [-0.2, 0) is 11.8 Å². The number of fused-ring (bicyclic) bond motifs is 3. The molecular formula is C18H23N3O3. The van der Waals surface area contributed by atoms with Crippen molar-refractivity contribution in [3.8, 4) is 0 Å². The highest BCUT2D eigenvalue weighted by molar-refractivity contribution is 5.86. The van der Waals surface area contributed by atoms with Crippen LogP contribution in [0.25, 0.3) is 11.0 Å². The lowest BCUT2D eigenvalue weighted by atomic mass is 9.83. The van der Waals surface area contributed by atoms with Gasteiger partial charge in [0.25, 0.3) is 0 Å². The summed E-state index contributed by atoms with van der Waals surface area (Å²) in [4.78, 5) is 27.5. The van der Waals surface area contributed by atoms with Gasteiger partial charge in [-0.3, -0.25) is 4.57 Å². The van der Waals surface area contributed by atoms with Gasteiger partial charge in [0.1, 0.15) is 6.10 Å². The van der Waals surface area contributed by atoms with Gasteiger partial charge in [0.15, 0.2) is 0 Å². The predicted octanol–water partition coefficient (Wildman–Crippen LogP) is 2.34. The standard InChI is InChI=1S/C18H23N3O3/c1-19-12-6-5-7-13(19)11-14(10-12)24-18(23)21-16-9-4-3-8-15(16)20(2)17(21)22/h3-4,8-9,12-14H,5-7,10-11H2,1-2H3. The summed E-state index contributed by atoms with van der Waals surface area (Å²) in [5.74, 6) is 0. The summed E-state index contributed by atoms with van der Waals surface area (Å²) in [5, 5.41) is 0. The van der Waals surface area contributed by atoms with Crippen molar-refractivity contribution in [1.29, 1.82) is 0 Å². The van der Waals surface area contributed by atoms with Crippen molar-refractivity contribution >= 4 is 17.1 Å². The highest BCUT2D eigenvalue weighted by atomic mass is 16.6. The van der Waals surface area contributed by atoms with Crippen molar-refractivity contribution in [3.05, 3.63) is 34.7 Å². The van der Waals surface area contributed by atoms with Crippen LogP contribution in [0.4, 0.5) is 4.79 Å². The number of piperidine rings is 2. The molecule has 0 N–H and O–H groups in total. The van der Waals surface area contributed by atoms with Gasteiger partial charge in [0.05, 0.1) is 11.0 Å². The number of hydrogen-bond donors (Lipinski definition) is 0. The zero-order valence-corrected chi connectivity index (χ0v) is 14.1. The van der Waals surface area contributed by atoms with Crippen LogP contribution in [0.3, 0.4) is 0 Å². The van der Waals surface area contributed by atoms with Crippen LogP contribution in [0, 0.1) is 0 Å². The van der Waals surface area contributed by atoms with Gasteiger partial charge < -0.3 is 9.64 Å². The summed E-state index contributed by atoms with van der Waals surface area (Å²) in [6.07, 6.45) is 4.64. The SMILES string of the molecule is CN1C2CCCC1CC(OC(=O)n1c(=O)n(C)c3ccccc31)C2. The maximum atomic E-state index is 12.7. The number of carbonyl (C=O) groups excluding carboxylic acids is 1. The zero-order chi connectivity index (χ0) is 16.8. The lowest BCUT2D eigenvalue weighted by molar-refractivity contribution is -0.0193. The Morgan fingerprint density at radius 2 is 1.71 bits per heavy atom. The van der Waals surface area contributed by atoms with Gasteiger partial charge in [0, 0.05) is 32.0 Å². The minimum atomic E-state index is -0.551. The Labute approximate surface area is 140 Å². The van der Waals surface area contributed by atoms with Crippen molar-refractivity contribution < 1.29 is 9.53 Å². The molecule has 2 aromatic rings. The van der Waals surface area contributed by atoms with E-state index in [1.54, 1.807) is 13.1 Å². The predicted molar refractivity (Wildman–Crippen MR) is 91.3 cm³/mol. The second-order valence-electron chi connectivity index (χ2n) is 7.05. The maximum Gasteiger partial charge on any atom is 0.423 e. The number of nitrogens with zero attached hydrogens (tertiary/aromatic N) is 3. The van der Waals surface area contributed by atoms with Crippen LogP contribution >= 0.6 is 0 Å². The molecule has 24 heavy (non-hydrogen) atoms. The number of para-hydroxylation sites is 2. The second-order valence-corrected chi connectivity index (χ2v) is 7.05. The molecule has 2 fully saturated rings. The average Bonchev–Trinajstić information content (AvgIpc) is 2.80. The molecule has 2 aliphatic rings. The monoisotopic (exact) mass is 329 g/mol. The number of carbonyl (C=O) groups is 1. The summed E-state index contributed by atoms with van der Waals surface area (Å²) in [5.41, 5.74) is 0.983. The fourth-order valence-electron chi connectivity index (χ4n) is 4.33. The van der Waals surface area contributed by atoms with Crippen molar-refractivity contribution in [3.63, 3.8) is 0 Å². The average molecular weight is 329 g/mol. The van der Waals surface area contributed by atoms with E-state index in [-0.39, 0.29) is 11.8 Å². The molecular weight excluding hydrogens is 306 g/mol. The molecule has 3 heterocycles. The number of aryl methyl sites for hydroxylation is 1. The van der Waals surface area contributed by atoms with Gasteiger partial charge in [-0.15, -0.1) is 0 Å². The first-order valence-electron chi connectivity index (χ1n) is 8.65. The van der Waals surface area contributed by atoms with E-state index in [1.165, 1.54) is 11.0 Å². The van der Waals surface area contributed by atoms with Crippen LogP contribution in [0.2, 0.25) is 0 Å². The van der Waals surface area contributed by atoms with Crippen molar-refractivity contribution in [1.82, 2.24) is 14.0 Å². The molecule has 0 radical (unpaired) electrons. The van der Waals surface area contributed by atoms with Gasteiger partial charge in [-0.05, 0) is 32.0 Å². The molecule has 2 bridgehead atoms. The summed E-state index contributed by atoms with van der Waals surface area (Å²) in [6, 6.07) is 8.27. The summed E-state index contributed by atoms with van der Waals surface area (Å²) in [7, 11) is 3.84. The largest absolute Gasteiger partial charge is 0.445 e. The molecule has 2 aliphatic heterocycles. The van der Waals surface area contributed by atoms with Gasteiger partial charge in [-0.1, -0.05) is 18.6 Å². The van der Waals surface area contributed by atoms with Crippen molar-refractivity contribution in [2.45, 2.75) is 50.3 Å². The number of ether oxygens (including phenoxy) is 1. The number of rotatable bonds is 1. The summed E-state index contributed by atoms with van der Waals surface area (Å²) >= 11 is 0.